The molecule has 1 atom stereocenters. The second-order valence-corrected chi connectivity index (χ2v) is 6.94. The van der Waals surface area contributed by atoms with Crippen molar-refractivity contribution in [1.29, 1.82) is 0 Å². The van der Waals surface area contributed by atoms with Crippen molar-refractivity contribution in [2.24, 2.45) is 5.14 Å². The molecule has 118 valence electrons. The number of primary sulfonamides is 1. The van der Waals surface area contributed by atoms with Gasteiger partial charge in [0.15, 0.2) is 11.5 Å². The Labute approximate surface area is 125 Å². The van der Waals surface area contributed by atoms with Crippen LogP contribution < -0.4 is 14.6 Å². The number of nitrogens with zero attached hydrogens (tertiary/aromatic N) is 1. The summed E-state index contributed by atoms with van der Waals surface area (Å²) in [7, 11) is -0.247. The van der Waals surface area contributed by atoms with E-state index in [-0.39, 0.29) is 11.8 Å². The molecule has 0 radical (unpaired) electrons. The first kappa shape index (κ1) is 16.1. The molecule has 1 aliphatic heterocycles. The molecule has 0 aromatic heterocycles. The molecular weight excluding hydrogens is 292 g/mol. The van der Waals surface area contributed by atoms with Crippen LogP contribution in [0.3, 0.4) is 0 Å². The van der Waals surface area contributed by atoms with E-state index in [1.807, 2.05) is 18.2 Å². The van der Waals surface area contributed by atoms with Crippen LogP contribution in [0.15, 0.2) is 18.2 Å². The molecule has 7 heteroatoms. The molecule has 0 amide bonds. The van der Waals surface area contributed by atoms with Gasteiger partial charge in [0.05, 0.1) is 20.0 Å². The van der Waals surface area contributed by atoms with Gasteiger partial charge in [-0.3, -0.25) is 4.90 Å². The number of methoxy groups -OCH3 is 2. The van der Waals surface area contributed by atoms with E-state index >= 15 is 0 Å². The molecule has 1 heterocycles. The standard InChI is InChI=1S/C14H22N2O4S/c1-19-13-6-5-11(8-14(13)20-2)9-16-7-3-4-12(16)10-21(15,17)18/h5-6,8,12H,3-4,7,9-10H2,1-2H3,(H2,15,17,18)/t12-/m1/s1. The van der Waals surface area contributed by atoms with Crippen molar-refractivity contribution in [2.75, 3.05) is 26.5 Å². The Bertz CT molecular complexity index is 589. The average molecular weight is 314 g/mol. The second kappa shape index (κ2) is 6.64. The first-order chi connectivity index (χ1) is 9.93. The van der Waals surface area contributed by atoms with E-state index in [1.165, 1.54) is 0 Å². The molecule has 1 fully saturated rings. The summed E-state index contributed by atoms with van der Waals surface area (Å²) in [6, 6.07) is 5.74. The number of ether oxygens (including phenoxy) is 2. The molecule has 6 nitrogen and oxygen atoms in total. The highest BCUT2D eigenvalue weighted by atomic mass is 32.2. The van der Waals surface area contributed by atoms with Crippen molar-refractivity contribution in [3.8, 4) is 11.5 Å². The average Bonchev–Trinajstić information content (AvgIpc) is 2.83. The number of nitrogens with two attached hydrogens (primary N) is 1. The highest BCUT2D eigenvalue weighted by molar-refractivity contribution is 7.89. The Balaban J connectivity index is 2.10. The lowest BCUT2D eigenvalue weighted by Gasteiger charge is -2.24. The number of benzene rings is 1. The summed E-state index contributed by atoms with van der Waals surface area (Å²) in [6.45, 7) is 1.56. The summed E-state index contributed by atoms with van der Waals surface area (Å²) in [5.74, 6) is 1.38. The van der Waals surface area contributed by atoms with Gasteiger partial charge in [0.1, 0.15) is 0 Å². The van der Waals surface area contributed by atoms with Crippen LogP contribution in [0.4, 0.5) is 0 Å². The topological polar surface area (TPSA) is 81.9 Å². The van der Waals surface area contributed by atoms with Crippen LogP contribution in [0, 0.1) is 0 Å². The van der Waals surface area contributed by atoms with Gasteiger partial charge in [-0.15, -0.1) is 0 Å². The van der Waals surface area contributed by atoms with Crippen molar-refractivity contribution in [1.82, 2.24) is 4.90 Å². The molecule has 0 unspecified atom stereocenters. The summed E-state index contributed by atoms with van der Waals surface area (Å²) in [4.78, 5) is 2.16. The second-order valence-electron chi connectivity index (χ2n) is 5.29. The maximum atomic E-state index is 11.3. The number of sulfonamides is 1. The monoisotopic (exact) mass is 314 g/mol. The fourth-order valence-corrected chi connectivity index (χ4v) is 3.69. The molecule has 0 spiro atoms. The van der Waals surface area contributed by atoms with Crippen LogP contribution in [0.1, 0.15) is 18.4 Å². The van der Waals surface area contributed by atoms with E-state index in [2.05, 4.69) is 4.90 Å². The molecule has 1 aliphatic rings. The normalized spacial score (nSPS) is 19.7. The van der Waals surface area contributed by atoms with E-state index < -0.39 is 10.0 Å². The van der Waals surface area contributed by atoms with Gasteiger partial charge < -0.3 is 9.47 Å². The summed E-state index contributed by atoms with van der Waals surface area (Å²) < 4.78 is 33.1. The Kier molecular flexibility index (Phi) is 5.08. The highest BCUT2D eigenvalue weighted by Gasteiger charge is 2.27. The number of rotatable bonds is 6. The maximum Gasteiger partial charge on any atom is 0.210 e. The van der Waals surface area contributed by atoms with E-state index in [0.717, 1.165) is 24.9 Å². The van der Waals surface area contributed by atoms with Crippen LogP contribution in [0.5, 0.6) is 11.5 Å². The highest BCUT2D eigenvalue weighted by Crippen LogP contribution is 2.29. The number of hydrogen-bond acceptors (Lipinski definition) is 5. The first-order valence-corrected chi connectivity index (χ1v) is 8.60. The summed E-state index contributed by atoms with van der Waals surface area (Å²) in [5, 5.41) is 5.16. The zero-order chi connectivity index (χ0) is 15.5. The van der Waals surface area contributed by atoms with Crippen LogP contribution in [0.25, 0.3) is 0 Å². The fourth-order valence-electron chi connectivity index (χ4n) is 2.77. The van der Waals surface area contributed by atoms with Gasteiger partial charge in [-0.2, -0.15) is 0 Å². The van der Waals surface area contributed by atoms with E-state index in [9.17, 15) is 8.42 Å². The Hall–Kier alpha value is -1.31. The lowest BCUT2D eigenvalue weighted by atomic mass is 10.1. The predicted molar refractivity (Wildman–Crippen MR) is 81.0 cm³/mol. The number of hydrogen-bond donors (Lipinski definition) is 1. The Morgan fingerprint density at radius 1 is 1.29 bits per heavy atom. The molecule has 1 aromatic rings. The Morgan fingerprint density at radius 3 is 2.62 bits per heavy atom. The third-order valence-corrected chi connectivity index (χ3v) is 4.61. The molecule has 2 N–H and O–H groups in total. The molecule has 2 rings (SSSR count). The molecule has 0 saturated carbocycles. The van der Waals surface area contributed by atoms with Crippen molar-refractivity contribution in [3.05, 3.63) is 23.8 Å². The molecular formula is C14H22N2O4S. The largest absolute Gasteiger partial charge is 0.493 e. The van der Waals surface area contributed by atoms with Crippen LogP contribution in [0.2, 0.25) is 0 Å². The van der Waals surface area contributed by atoms with Crippen LogP contribution in [-0.4, -0.2) is 45.9 Å². The third-order valence-electron chi connectivity index (χ3n) is 3.76. The summed E-state index contributed by atoms with van der Waals surface area (Å²) >= 11 is 0. The lowest BCUT2D eigenvalue weighted by molar-refractivity contribution is 0.261. The number of likely N-dealkylation sites (tertiary alicyclic amines) is 1. The van der Waals surface area contributed by atoms with Gasteiger partial charge in [0.2, 0.25) is 10.0 Å². The minimum absolute atomic E-state index is 0.00639. The van der Waals surface area contributed by atoms with Crippen LogP contribution >= 0.6 is 0 Å². The predicted octanol–water partition coefficient (Wildman–Crippen LogP) is 0.957. The zero-order valence-corrected chi connectivity index (χ0v) is 13.2. The van der Waals surface area contributed by atoms with Gasteiger partial charge in [0, 0.05) is 12.6 Å². The van der Waals surface area contributed by atoms with Crippen molar-refractivity contribution >= 4 is 10.0 Å². The summed E-state index contributed by atoms with van der Waals surface area (Å²) in [5.41, 5.74) is 1.06. The van der Waals surface area contributed by atoms with Crippen molar-refractivity contribution < 1.29 is 17.9 Å². The third kappa shape index (κ3) is 4.33. The maximum absolute atomic E-state index is 11.3. The van der Waals surface area contributed by atoms with E-state index in [4.69, 9.17) is 14.6 Å². The van der Waals surface area contributed by atoms with Gasteiger partial charge in [0.25, 0.3) is 0 Å². The minimum Gasteiger partial charge on any atom is -0.493 e. The molecule has 1 saturated heterocycles. The van der Waals surface area contributed by atoms with Gasteiger partial charge in [-0.05, 0) is 37.1 Å². The van der Waals surface area contributed by atoms with Crippen molar-refractivity contribution in [3.63, 3.8) is 0 Å². The quantitative estimate of drug-likeness (QED) is 0.845. The van der Waals surface area contributed by atoms with Crippen molar-refractivity contribution in [2.45, 2.75) is 25.4 Å². The van der Waals surface area contributed by atoms with Gasteiger partial charge in [-0.1, -0.05) is 6.07 Å². The van der Waals surface area contributed by atoms with E-state index in [0.29, 0.717) is 18.0 Å². The molecule has 0 bridgehead atoms. The van der Waals surface area contributed by atoms with Crippen LogP contribution in [-0.2, 0) is 16.6 Å². The van der Waals surface area contributed by atoms with Gasteiger partial charge >= 0.3 is 0 Å². The smallest absolute Gasteiger partial charge is 0.210 e. The first-order valence-electron chi connectivity index (χ1n) is 6.88. The minimum atomic E-state index is -3.44. The molecule has 0 aliphatic carbocycles. The Morgan fingerprint density at radius 2 is 2.00 bits per heavy atom. The summed E-state index contributed by atoms with van der Waals surface area (Å²) in [6.07, 6.45) is 1.86. The lowest BCUT2D eigenvalue weighted by Crippen LogP contribution is -2.36. The fraction of sp³-hybridized carbons (Fsp3) is 0.571. The zero-order valence-electron chi connectivity index (χ0n) is 12.4. The molecule has 21 heavy (non-hydrogen) atoms. The molecule has 1 aromatic carbocycles. The van der Waals surface area contributed by atoms with E-state index in [1.54, 1.807) is 14.2 Å². The van der Waals surface area contributed by atoms with Gasteiger partial charge in [-0.25, -0.2) is 13.6 Å². The SMILES string of the molecule is COc1ccc(CN2CCC[C@@H]2CS(N)(=O)=O)cc1OC.